The van der Waals surface area contributed by atoms with Gasteiger partial charge in [0.2, 0.25) is 0 Å². The molecule has 1 amide bonds. The van der Waals surface area contributed by atoms with Crippen molar-refractivity contribution < 1.29 is 23.9 Å². The minimum atomic E-state index is -0.571. The molecule has 0 saturated carbocycles. The lowest BCUT2D eigenvalue weighted by Crippen LogP contribution is -2.14. The molecule has 148 valence electrons. The molecule has 2 aromatic carbocycles. The molecule has 0 fully saturated rings. The molecule has 0 spiro atoms. The van der Waals surface area contributed by atoms with E-state index in [2.05, 4.69) is 5.32 Å². The second-order valence-corrected chi connectivity index (χ2v) is 6.35. The van der Waals surface area contributed by atoms with E-state index >= 15 is 0 Å². The van der Waals surface area contributed by atoms with Crippen molar-refractivity contribution in [3.8, 4) is 17.2 Å². The van der Waals surface area contributed by atoms with Crippen molar-refractivity contribution in [3.05, 3.63) is 51.6 Å². The second-order valence-electron chi connectivity index (χ2n) is 6.35. The number of nitro benzene ring substituents is 1. The van der Waals surface area contributed by atoms with E-state index in [9.17, 15) is 14.9 Å². The highest BCUT2D eigenvalue weighted by Gasteiger charge is 2.24. The molecular formula is C20H22N2O6. The molecule has 0 aliphatic carbocycles. The summed E-state index contributed by atoms with van der Waals surface area (Å²) in [6.45, 7) is 6.28. The Labute approximate surface area is 162 Å². The molecule has 0 radical (unpaired) electrons. The first-order valence-electron chi connectivity index (χ1n) is 9.11. The van der Waals surface area contributed by atoms with E-state index in [0.717, 1.165) is 12.0 Å². The lowest BCUT2D eigenvalue weighted by atomic mass is 10.1. The third-order valence-corrected chi connectivity index (χ3v) is 4.26. The summed E-state index contributed by atoms with van der Waals surface area (Å²) in [4.78, 5) is 23.4. The summed E-state index contributed by atoms with van der Waals surface area (Å²) >= 11 is 0. The zero-order chi connectivity index (χ0) is 20.3. The lowest BCUT2D eigenvalue weighted by molar-refractivity contribution is -0.385. The SMILES string of the molecule is CCOc1cc2c(cc1NC(=O)c1ccc(OCC)c([N+](=O)[O-])c1)O[C@H](C)C2. The van der Waals surface area contributed by atoms with Crippen molar-refractivity contribution >= 4 is 17.3 Å². The van der Waals surface area contributed by atoms with Crippen molar-refractivity contribution in [1.82, 2.24) is 0 Å². The molecule has 0 bridgehead atoms. The Morgan fingerprint density at radius 1 is 1.21 bits per heavy atom. The maximum atomic E-state index is 12.7. The Bertz CT molecular complexity index is 912. The number of carbonyl (C=O) groups excluding carboxylic acids is 1. The molecule has 0 aromatic heterocycles. The number of benzene rings is 2. The average molecular weight is 386 g/mol. The fourth-order valence-electron chi connectivity index (χ4n) is 3.09. The van der Waals surface area contributed by atoms with Gasteiger partial charge in [0.05, 0.1) is 23.8 Å². The smallest absolute Gasteiger partial charge is 0.311 e. The average Bonchev–Trinajstić information content (AvgIpc) is 3.01. The van der Waals surface area contributed by atoms with Crippen LogP contribution in [0.25, 0.3) is 0 Å². The van der Waals surface area contributed by atoms with Gasteiger partial charge in [-0.1, -0.05) is 0 Å². The van der Waals surface area contributed by atoms with E-state index in [-0.39, 0.29) is 29.7 Å². The number of nitrogens with one attached hydrogen (secondary N) is 1. The molecule has 1 atom stereocenters. The van der Waals surface area contributed by atoms with Crippen LogP contribution >= 0.6 is 0 Å². The summed E-state index contributed by atoms with van der Waals surface area (Å²) < 4.78 is 16.7. The van der Waals surface area contributed by atoms with Crippen LogP contribution in [0.3, 0.4) is 0 Å². The van der Waals surface area contributed by atoms with Gasteiger partial charge in [0, 0.05) is 29.7 Å². The Kier molecular flexibility index (Phi) is 5.67. The fourth-order valence-corrected chi connectivity index (χ4v) is 3.09. The fraction of sp³-hybridized carbons (Fsp3) is 0.350. The normalized spacial score (nSPS) is 14.8. The highest BCUT2D eigenvalue weighted by Crippen LogP contribution is 2.38. The lowest BCUT2D eigenvalue weighted by Gasteiger charge is -2.14. The Morgan fingerprint density at radius 2 is 1.93 bits per heavy atom. The number of hydrogen-bond acceptors (Lipinski definition) is 6. The van der Waals surface area contributed by atoms with E-state index in [1.165, 1.54) is 18.2 Å². The van der Waals surface area contributed by atoms with Gasteiger partial charge in [0.25, 0.3) is 5.91 Å². The van der Waals surface area contributed by atoms with Gasteiger partial charge in [-0.2, -0.15) is 0 Å². The molecule has 0 unspecified atom stereocenters. The number of fused-ring (bicyclic) bond motifs is 1. The Morgan fingerprint density at radius 3 is 2.61 bits per heavy atom. The standard InChI is InChI=1S/C20H22N2O6/c1-4-26-17-7-6-13(9-16(17)22(24)25)20(23)21-15-11-18-14(8-12(3)28-18)10-19(15)27-5-2/h6-7,9-12H,4-5,8H2,1-3H3,(H,21,23)/t12-/m1/s1. The predicted octanol–water partition coefficient (Wildman–Crippen LogP) is 3.97. The first kappa shape index (κ1) is 19.5. The minimum Gasteiger partial charge on any atom is -0.492 e. The highest BCUT2D eigenvalue weighted by molar-refractivity contribution is 6.05. The summed E-state index contributed by atoms with van der Waals surface area (Å²) in [5, 5.41) is 14.1. The molecule has 1 aliphatic rings. The maximum Gasteiger partial charge on any atom is 0.311 e. The van der Waals surface area contributed by atoms with Crippen LogP contribution in [0, 0.1) is 10.1 Å². The topological polar surface area (TPSA) is 99.9 Å². The van der Waals surface area contributed by atoms with Crippen LogP contribution in [0.4, 0.5) is 11.4 Å². The van der Waals surface area contributed by atoms with Crippen LogP contribution in [-0.2, 0) is 6.42 Å². The van der Waals surface area contributed by atoms with E-state index in [4.69, 9.17) is 14.2 Å². The first-order chi connectivity index (χ1) is 13.4. The van der Waals surface area contributed by atoms with Crippen LogP contribution in [0.1, 0.15) is 36.7 Å². The quantitative estimate of drug-likeness (QED) is 0.571. The van der Waals surface area contributed by atoms with Crippen LogP contribution in [0.15, 0.2) is 30.3 Å². The van der Waals surface area contributed by atoms with E-state index in [0.29, 0.717) is 23.8 Å². The van der Waals surface area contributed by atoms with Gasteiger partial charge < -0.3 is 19.5 Å². The maximum absolute atomic E-state index is 12.7. The van der Waals surface area contributed by atoms with Gasteiger partial charge >= 0.3 is 5.69 Å². The van der Waals surface area contributed by atoms with Crippen molar-refractivity contribution in [2.45, 2.75) is 33.3 Å². The number of nitro groups is 1. The number of carbonyl (C=O) groups is 1. The number of amides is 1. The van der Waals surface area contributed by atoms with Crippen molar-refractivity contribution in [3.63, 3.8) is 0 Å². The molecule has 1 aliphatic heterocycles. The number of nitrogens with zero attached hydrogens (tertiary/aromatic N) is 1. The molecule has 8 heteroatoms. The molecule has 1 N–H and O–H groups in total. The summed E-state index contributed by atoms with van der Waals surface area (Å²) in [6, 6.07) is 7.70. The molecule has 1 heterocycles. The van der Waals surface area contributed by atoms with Gasteiger partial charge in [-0.05, 0) is 39.0 Å². The molecule has 0 saturated heterocycles. The van der Waals surface area contributed by atoms with E-state index in [1.807, 2.05) is 19.9 Å². The number of ether oxygens (including phenoxy) is 3. The third kappa shape index (κ3) is 4.00. The first-order valence-corrected chi connectivity index (χ1v) is 9.11. The van der Waals surface area contributed by atoms with Crippen molar-refractivity contribution in [2.24, 2.45) is 0 Å². The molecule has 8 nitrogen and oxygen atoms in total. The van der Waals surface area contributed by atoms with Crippen molar-refractivity contribution in [2.75, 3.05) is 18.5 Å². The monoisotopic (exact) mass is 386 g/mol. The van der Waals surface area contributed by atoms with Gasteiger partial charge in [-0.25, -0.2) is 0 Å². The number of hydrogen-bond donors (Lipinski definition) is 1. The Balaban J connectivity index is 1.90. The molecular weight excluding hydrogens is 364 g/mol. The van der Waals surface area contributed by atoms with E-state index in [1.54, 1.807) is 13.0 Å². The predicted molar refractivity (Wildman–Crippen MR) is 104 cm³/mol. The zero-order valence-electron chi connectivity index (χ0n) is 16.0. The minimum absolute atomic E-state index is 0.0594. The summed E-state index contributed by atoms with van der Waals surface area (Å²) in [7, 11) is 0. The zero-order valence-corrected chi connectivity index (χ0v) is 16.0. The summed E-state index contributed by atoms with van der Waals surface area (Å²) in [5.74, 6) is 0.869. The summed E-state index contributed by atoms with van der Waals surface area (Å²) in [5.41, 5.74) is 1.36. The third-order valence-electron chi connectivity index (χ3n) is 4.26. The molecule has 2 aromatic rings. The van der Waals surface area contributed by atoms with Crippen molar-refractivity contribution in [1.29, 1.82) is 0 Å². The largest absolute Gasteiger partial charge is 0.492 e. The second kappa shape index (κ2) is 8.16. The van der Waals surface area contributed by atoms with Crippen LogP contribution < -0.4 is 19.5 Å². The number of rotatable bonds is 7. The van der Waals surface area contributed by atoms with Gasteiger partial charge in [0.1, 0.15) is 17.6 Å². The highest BCUT2D eigenvalue weighted by atomic mass is 16.6. The van der Waals surface area contributed by atoms with Crippen LogP contribution in [0.2, 0.25) is 0 Å². The van der Waals surface area contributed by atoms with E-state index < -0.39 is 10.8 Å². The molecule has 28 heavy (non-hydrogen) atoms. The molecule has 3 rings (SSSR count). The Hall–Kier alpha value is -3.29. The number of anilines is 1. The van der Waals surface area contributed by atoms with Crippen LogP contribution in [-0.4, -0.2) is 30.1 Å². The van der Waals surface area contributed by atoms with Crippen LogP contribution in [0.5, 0.6) is 17.2 Å². The van der Waals surface area contributed by atoms with Gasteiger partial charge in [-0.3, -0.25) is 14.9 Å². The summed E-state index contributed by atoms with van der Waals surface area (Å²) in [6.07, 6.45) is 0.832. The van der Waals surface area contributed by atoms with Gasteiger partial charge in [-0.15, -0.1) is 0 Å². The van der Waals surface area contributed by atoms with Gasteiger partial charge in [0.15, 0.2) is 5.75 Å².